The molecule has 0 aliphatic rings. The second-order valence-corrected chi connectivity index (χ2v) is 6.74. The lowest BCUT2D eigenvalue weighted by Crippen LogP contribution is -2.18. The van der Waals surface area contributed by atoms with Crippen LogP contribution in [0.2, 0.25) is 0 Å². The number of nitrogens with one attached hydrogen (secondary N) is 1. The molecule has 0 bridgehead atoms. The summed E-state index contributed by atoms with van der Waals surface area (Å²) in [4.78, 5) is 12.5. The Kier molecular flexibility index (Phi) is 8.03. The van der Waals surface area contributed by atoms with Gasteiger partial charge in [0, 0.05) is 0 Å². The fraction of sp³-hybridized carbons (Fsp3) is 0.200. The summed E-state index contributed by atoms with van der Waals surface area (Å²) in [7, 11) is 0. The van der Waals surface area contributed by atoms with Gasteiger partial charge in [-0.3, -0.25) is 4.79 Å². The first kappa shape index (κ1) is 21.1. The predicted molar refractivity (Wildman–Crippen MR) is 119 cm³/mol. The van der Waals surface area contributed by atoms with E-state index in [9.17, 15) is 4.79 Å². The van der Waals surface area contributed by atoms with Crippen molar-refractivity contribution in [2.75, 3.05) is 6.61 Å². The van der Waals surface area contributed by atoms with Gasteiger partial charge in [0.05, 0.1) is 18.4 Å². The second kappa shape index (κ2) is 11.4. The van der Waals surface area contributed by atoms with Crippen molar-refractivity contribution in [2.24, 2.45) is 5.10 Å². The predicted octanol–water partition coefficient (Wildman–Crippen LogP) is 5.21. The summed E-state index contributed by atoms with van der Waals surface area (Å²) in [6, 6.07) is 24.5. The lowest BCUT2D eigenvalue weighted by molar-refractivity contribution is 0.0950. The highest BCUT2D eigenvalue weighted by atomic mass is 16.5. The van der Waals surface area contributed by atoms with Crippen LogP contribution in [0.3, 0.4) is 0 Å². The molecule has 0 atom stereocenters. The fourth-order valence-corrected chi connectivity index (χ4v) is 2.73. The number of hydrogen-bond acceptors (Lipinski definition) is 4. The van der Waals surface area contributed by atoms with Gasteiger partial charge in [0.15, 0.2) is 0 Å². The molecule has 0 aliphatic heterocycles. The molecule has 0 aromatic heterocycles. The number of hydrogen-bond donors (Lipinski definition) is 1. The van der Waals surface area contributed by atoms with Crippen molar-refractivity contribution in [1.29, 1.82) is 0 Å². The van der Waals surface area contributed by atoms with E-state index < -0.39 is 0 Å². The summed E-state index contributed by atoms with van der Waals surface area (Å²) < 4.78 is 11.5. The molecule has 0 aliphatic carbocycles. The Morgan fingerprint density at radius 1 is 0.933 bits per heavy atom. The normalized spacial score (nSPS) is 10.7. The van der Waals surface area contributed by atoms with E-state index >= 15 is 0 Å². The van der Waals surface area contributed by atoms with Crippen LogP contribution in [0.25, 0.3) is 0 Å². The number of ether oxygens (including phenoxy) is 2. The number of amides is 1. The van der Waals surface area contributed by atoms with Gasteiger partial charge < -0.3 is 9.47 Å². The molecule has 5 heteroatoms. The van der Waals surface area contributed by atoms with Crippen LogP contribution in [-0.2, 0) is 6.61 Å². The molecular weight excluding hydrogens is 376 g/mol. The van der Waals surface area contributed by atoms with Crippen LogP contribution in [0.1, 0.15) is 41.3 Å². The molecule has 154 valence electrons. The van der Waals surface area contributed by atoms with Crippen molar-refractivity contribution < 1.29 is 14.3 Å². The SMILES string of the molecule is CCCCOc1ccc(/C=N\NC(=O)c2ccccc2OCc2ccccc2)cc1. The summed E-state index contributed by atoms with van der Waals surface area (Å²) >= 11 is 0. The van der Waals surface area contributed by atoms with Gasteiger partial charge in [0.1, 0.15) is 18.1 Å². The number of unbranched alkanes of at least 4 members (excludes halogenated alkanes) is 1. The molecule has 3 rings (SSSR count). The summed E-state index contributed by atoms with van der Waals surface area (Å²) in [5.41, 5.74) is 4.90. The maximum Gasteiger partial charge on any atom is 0.275 e. The number of rotatable bonds is 10. The summed E-state index contributed by atoms with van der Waals surface area (Å²) in [6.07, 6.45) is 3.73. The van der Waals surface area contributed by atoms with Crippen LogP contribution in [0.4, 0.5) is 0 Å². The van der Waals surface area contributed by atoms with Crippen LogP contribution in [-0.4, -0.2) is 18.7 Å². The van der Waals surface area contributed by atoms with Crippen LogP contribution >= 0.6 is 0 Å². The minimum absolute atomic E-state index is 0.325. The number of carbonyl (C=O) groups is 1. The molecule has 3 aromatic rings. The Balaban J connectivity index is 1.55. The maximum absolute atomic E-state index is 12.5. The molecule has 0 unspecified atom stereocenters. The van der Waals surface area contributed by atoms with E-state index in [1.54, 1.807) is 24.4 Å². The maximum atomic E-state index is 12.5. The zero-order chi connectivity index (χ0) is 21.0. The molecule has 5 nitrogen and oxygen atoms in total. The molecule has 3 aromatic carbocycles. The molecule has 0 heterocycles. The average Bonchev–Trinajstić information content (AvgIpc) is 2.80. The molecule has 0 saturated heterocycles. The van der Waals surface area contributed by atoms with Crippen molar-refractivity contribution in [2.45, 2.75) is 26.4 Å². The molecule has 1 N–H and O–H groups in total. The molecular formula is C25H26N2O3. The Morgan fingerprint density at radius 3 is 2.43 bits per heavy atom. The first-order valence-corrected chi connectivity index (χ1v) is 10.1. The van der Waals surface area contributed by atoms with Gasteiger partial charge >= 0.3 is 0 Å². The van der Waals surface area contributed by atoms with E-state index in [0.717, 1.165) is 29.7 Å². The van der Waals surface area contributed by atoms with Crippen LogP contribution < -0.4 is 14.9 Å². The third-order valence-electron chi connectivity index (χ3n) is 4.40. The first-order valence-electron chi connectivity index (χ1n) is 10.1. The van der Waals surface area contributed by atoms with Gasteiger partial charge in [0.2, 0.25) is 0 Å². The third kappa shape index (κ3) is 6.48. The summed E-state index contributed by atoms with van der Waals surface area (Å²) in [5, 5.41) is 4.06. The van der Waals surface area contributed by atoms with E-state index in [1.807, 2.05) is 60.7 Å². The smallest absolute Gasteiger partial charge is 0.275 e. The molecule has 0 radical (unpaired) electrons. The topological polar surface area (TPSA) is 59.9 Å². The highest BCUT2D eigenvalue weighted by Gasteiger charge is 2.11. The van der Waals surface area contributed by atoms with E-state index in [0.29, 0.717) is 24.5 Å². The minimum atomic E-state index is -0.325. The highest BCUT2D eigenvalue weighted by molar-refractivity contribution is 5.97. The Labute approximate surface area is 177 Å². The zero-order valence-electron chi connectivity index (χ0n) is 17.1. The van der Waals surface area contributed by atoms with Crippen molar-refractivity contribution in [3.8, 4) is 11.5 Å². The van der Waals surface area contributed by atoms with Crippen LogP contribution in [0, 0.1) is 0 Å². The Morgan fingerprint density at radius 2 is 1.67 bits per heavy atom. The van der Waals surface area contributed by atoms with Gasteiger partial charge in [-0.25, -0.2) is 5.43 Å². The number of hydrazone groups is 1. The lowest BCUT2D eigenvalue weighted by atomic mass is 10.2. The van der Waals surface area contributed by atoms with E-state index in [2.05, 4.69) is 17.5 Å². The molecule has 0 spiro atoms. The number of carbonyl (C=O) groups excluding carboxylic acids is 1. The lowest BCUT2D eigenvalue weighted by Gasteiger charge is -2.10. The second-order valence-electron chi connectivity index (χ2n) is 6.74. The highest BCUT2D eigenvalue weighted by Crippen LogP contribution is 2.19. The van der Waals surface area contributed by atoms with Crippen molar-refractivity contribution in [3.63, 3.8) is 0 Å². The van der Waals surface area contributed by atoms with Crippen molar-refractivity contribution in [3.05, 3.63) is 95.6 Å². The van der Waals surface area contributed by atoms with Crippen LogP contribution in [0.5, 0.6) is 11.5 Å². The summed E-state index contributed by atoms with van der Waals surface area (Å²) in [6.45, 7) is 3.23. The fourth-order valence-electron chi connectivity index (χ4n) is 2.73. The van der Waals surface area contributed by atoms with Gasteiger partial charge in [-0.05, 0) is 53.9 Å². The van der Waals surface area contributed by atoms with Crippen LogP contribution in [0.15, 0.2) is 84.0 Å². The first-order chi connectivity index (χ1) is 14.8. The average molecular weight is 402 g/mol. The van der Waals surface area contributed by atoms with Gasteiger partial charge in [-0.15, -0.1) is 0 Å². The Bertz CT molecular complexity index is 954. The van der Waals surface area contributed by atoms with Crippen molar-refractivity contribution >= 4 is 12.1 Å². The van der Waals surface area contributed by atoms with Gasteiger partial charge in [0.25, 0.3) is 5.91 Å². The standard InChI is InChI=1S/C25H26N2O3/c1-2-3-17-29-22-15-13-20(14-16-22)18-26-27-25(28)23-11-7-8-12-24(23)30-19-21-9-5-4-6-10-21/h4-16,18H,2-3,17,19H2,1H3,(H,27,28)/b26-18-. The number of benzene rings is 3. The minimum Gasteiger partial charge on any atom is -0.494 e. The zero-order valence-corrected chi connectivity index (χ0v) is 17.1. The third-order valence-corrected chi connectivity index (χ3v) is 4.40. The number of para-hydroxylation sites is 1. The van der Waals surface area contributed by atoms with E-state index in [-0.39, 0.29) is 5.91 Å². The monoisotopic (exact) mass is 402 g/mol. The van der Waals surface area contributed by atoms with Gasteiger partial charge in [-0.2, -0.15) is 5.10 Å². The molecule has 30 heavy (non-hydrogen) atoms. The molecule has 0 saturated carbocycles. The largest absolute Gasteiger partial charge is 0.494 e. The quantitative estimate of drug-likeness (QED) is 0.288. The molecule has 0 fully saturated rings. The molecule has 1 amide bonds. The Hall–Kier alpha value is -3.60. The summed E-state index contributed by atoms with van der Waals surface area (Å²) in [5.74, 6) is 1.02. The van der Waals surface area contributed by atoms with E-state index in [1.165, 1.54) is 0 Å². The van der Waals surface area contributed by atoms with E-state index in [4.69, 9.17) is 9.47 Å². The number of nitrogens with zero attached hydrogens (tertiary/aromatic N) is 1. The van der Waals surface area contributed by atoms with Crippen molar-refractivity contribution in [1.82, 2.24) is 5.43 Å². The van der Waals surface area contributed by atoms with Gasteiger partial charge in [-0.1, -0.05) is 55.8 Å².